The molecule has 3 heteroatoms. The van der Waals surface area contributed by atoms with Crippen molar-refractivity contribution >= 4 is 16.6 Å². The maximum absolute atomic E-state index is 10.6. The average Bonchev–Trinajstić information content (AvgIpc) is 2.95. The third-order valence-electron chi connectivity index (χ3n) is 5.24. The summed E-state index contributed by atoms with van der Waals surface area (Å²) in [5.41, 5.74) is 6.50. The van der Waals surface area contributed by atoms with E-state index >= 15 is 0 Å². The fourth-order valence-electron chi connectivity index (χ4n) is 4.06. The summed E-state index contributed by atoms with van der Waals surface area (Å²) in [6.45, 7) is 3.29. The molecule has 0 amide bonds. The minimum atomic E-state index is -0.414. The van der Waals surface area contributed by atoms with Gasteiger partial charge in [-0.2, -0.15) is 0 Å². The Morgan fingerprint density at radius 3 is 2.80 bits per heavy atom. The number of aliphatic hydroxyl groups is 1. The lowest BCUT2D eigenvalue weighted by Gasteiger charge is -2.19. The minimum Gasteiger partial charge on any atom is -0.389 e. The number of para-hydroxylation sites is 1. The first-order valence-corrected chi connectivity index (χ1v) is 9.30. The summed E-state index contributed by atoms with van der Waals surface area (Å²) in [5, 5.41) is 15.4. The SMILES string of the molecule is Cc1cccc(NCC(O)Cn2c3c(c4ccccc42)CCCC3)c1. The zero-order chi connectivity index (χ0) is 17.2. The second-order valence-electron chi connectivity index (χ2n) is 7.16. The number of fused-ring (bicyclic) bond motifs is 3. The van der Waals surface area contributed by atoms with Crippen molar-refractivity contribution in [3.05, 3.63) is 65.4 Å². The predicted octanol–water partition coefficient (Wildman–Crippen LogP) is 4.30. The van der Waals surface area contributed by atoms with Crippen molar-refractivity contribution in [1.82, 2.24) is 4.57 Å². The van der Waals surface area contributed by atoms with Gasteiger partial charge in [0.2, 0.25) is 0 Å². The van der Waals surface area contributed by atoms with E-state index in [-0.39, 0.29) is 0 Å². The highest BCUT2D eigenvalue weighted by Gasteiger charge is 2.20. The second kappa shape index (κ2) is 6.93. The standard InChI is InChI=1S/C22H26N2O/c1-16-7-6-8-17(13-16)23-14-18(25)15-24-21-11-4-2-9-19(21)20-10-3-5-12-22(20)24/h2,4,6-9,11,13,18,23,25H,3,5,10,12,14-15H2,1H3. The molecule has 1 aromatic heterocycles. The van der Waals surface area contributed by atoms with E-state index < -0.39 is 6.10 Å². The molecule has 0 saturated carbocycles. The smallest absolute Gasteiger partial charge is 0.0891 e. The Balaban J connectivity index is 1.54. The van der Waals surface area contributed by atoms with Crippen LogP contribution in [-0.4, -0.2) is 22.3 Å². The molecule has 2 aromatic carbocycles. The molecule has 3 nitrogen and oxygen atoms in total. The Labute approximate surface area is 149 Å². The van der Waals surface area contributed by atoms with Crippen LogP contribution in [0.2, 0.25) is 0 Å². The molecule has 25 heavy (non-hydrogen) atoms. The normalized spacial score (nSPS) is 15.1. The molecule has 1 heterocycles. The number of anilines is 1. The lowest BCUT2D eigenvalue weighted by Crippen LogP contribution is -2.26. The number of nitrogens with zero attached hydrogens (tertiary/aromatic N) is 1. The topological polar surface area (TPSA) is 37.2 Å². The van der Waals surface area contributed by atoms with Gasteiger partial charge in [0, 0.05) is 28.8 Å². The van der Waals surface area contributed by atoms with E-state index in [1.807, 2.05) is 12.1 Å². The summed E-state index contributed by atoms with van der Waals surface area (Å²) in [5.74, 6) is 0. The fraction of sp³-hybridized carbons (Fsp3) is 0.364. The number of benzene rings is 2. The highest BCUT2D eigenvalue weighted by atomic mass is 16.3. The van der Waals surface area contributed by atoms with Gasteiger partial charge >= 0.3 is 0 Å². The third-order valence-corrected chi connectivity index (χ3v) is 5.24. The first-order chi connectivity index (χ1) is 12.2. The van der Waals surface area contributed by atoms with E-state index in [0.29, 0.717) is 13.1 Å². The van der Waals surface area contributed by atoms with Gasteiger partial charge in [-0.1, -0.05) is 30.3 Å². The number of hydrogen-bond acceptors (Lipinski definition) is 2. The van der Waals surface area contributed by atoms with Crippen LogP contribution < -0.4 is 5.32 Å². The van der Waals surface area contributed by atoms with E-state index in [2.05, 4.69) is 53.2 Å². The molecule has 1 aliphatic rings. The lowest BCUT2D eigenvalue weighted by atomic mass is 9.95. The highest BCUT2D eigenvalue weighted by molar-refractivity contribution is 5.85. The first kappa shape index (κ1) is 16.2. The zero-order valence-electron chi connectivity index (χ0n) is 14.8. The van der Waals surface area contributed by atoms with Crippen molar-refractivity contribution in [2.24, 2.45) is 0 Å². The quantitative estimate of drug-likeness (QED) is 0.730. The van der Waals surface area contributed by atoms with E-state index in [9.17, 15) is 5.11 Å². The van der Waals surface area contributed by atoms with Crippen LogP contribution in [0.1, 0.15) is 29.7 Å². The Morgan fingerprint density at radius 1 is 1.08 bits per heavy atom. The summed E-state index contributed by atoms with van der Waals surface area (Å²) in [7, 11) is 0. The van der Waals surface area contributed by atoms with Crippen LogP contribution in [0.25, 0.3) is 10.9 Å². The van der Waals surface area contributed by atoms with E-state index in [0.717, 1.165) is 12.1 Å². The number of hydrogen-bond donors (Lipinski definition) is 2. The maximum Gasteiger partial charge on any atom is 0.0891 e. The third kappa shape index (κ3) is 3.29. The molecule has 0 spiro atoms. The summed E-state index contributed by atoms with van der Waals surface area (Å²) < 4.78 is 2.35. The lowest BCUT2D eigenvalue weighted by molar-refractivity contribution is 0.167. The number of aryl methyl sites for hydroxylation is 2. The molecule has 1 atom stereocenters. The van der Waals surface area contributed by atoms with Crippen LogP contribution in [0.4, 0.5) is 5.69 Å². The van der Waals surface area contributed by atoms with E-state index in [4.69, 9.17) is 0 Å². The van der Waals surface area contributed by atoms with Gasteiger partial charge in [-0.3, -0.25) is 0 Å². The van der Waals surface area contributed by atoms with Gasteiger partial charge < -0.3 is 15.0 Å². The molecule has 1 aliphatic carbocycles. The molecule has 2 N–H and O–H groups in total. The largest absolute Gasteiger partial charge is 0.389 e. The van der Waals surface area contributed by atoms with Crippen LogP contribution in [0, 0.1) is 6.92 Å². The summed E-state index contributed by atoms with van der Waals surface area (Å²) in [6, 6.07) is 16.9. The van der Waals surface area contributed by atoms with Crippen LogP contribution >= 0.6 is 0 Å². The number of aromatic nitrogens is 1. The van der Waals surface area contributed by atoms with Crippen molar-refractivity contribution in [2.45, 2.75) is 45.3 Å². The minimum absolute atomic E-state index is 0.414. The Bertz CT molecular complexity index is 881. The molecule has 0 fully saturated rings. The van der Waals surface area contributed by atoms with Gasteiger partial charge in [0.05, 0.1) is 12.6 Å². The number of aliphatic hydroxyl groups excluding tert-OH is 1. The van der Waals surface area contributed by atoms with Gasteiger partial charge in [0.25, 0.3) is 0 Å². The molecule has 130 valence electrons. The van der Waals surface area contributed by atoms with Crippen LogP contribution in [0.3, 0.4) is 0 Å². The average molecular weight is 334 g/mol. The Hall–Kier alpha value is -2.26. The van der Waals surface area contributed by atoms with Crippen LogP contribution in [0.5, 0.6) is 0 Å². The summed E-state index contributed by atoms with van der Waals surface area (Å²) in [6.07, 6.45) is 4.41. The van der Waals surface area contributed by atoms with E-state index in [1.165, 1.54) is 47.0 Å². The molecule has 3 aromatic rings. The molecular formula is C22H26N2O. The molecule has 0 aliphatic heterocycles. The Kier molecular flexibility index (Phi) is 4.50. The summed E-state index contributed by atoms with van der Waals surface area (Å²) in [4.78, 5) is 0. The molecule has 0 bridgehead atoms. The molecule has 4 rings (SSSR count). The molecular weight excluding hydrogens is 308 g/mol. The van der Waals surface area contributed by atoms with Gasteiger partial charge in [0.1, 0.15) is 0 Å². The highest BCUT2D eigenvalue weighted by Crippen LogP contribution is 2.32. The Morgan fingerprint density at radius 2 is 1.92 bits per heavy atom. The van der Waals surface area contributed by atoms with Gasteiger partial charge in [-0.25, -0.2) is 0 Å². The van der Waals surface area contributed by atoms with Crippen molar-refractivity contribution in [3.63, 3.8) is 0 Å². The number of rotatable bonds is 5. The zero-order valence-corrected chi connectivity index (χ0v) is 14.8. The predicted molar refractivity (Wildman–Crippen MR) is 104 cm³/mol. The van der Waals surface area contributed by atoms with Crippen molar-refractivity contribution in [3.8, 4) is 0 Å². The molecule has 0 saturated heterocycles. The first-order valence-electron chi connectivity index (χ1n) is 9.30. The number of nitrogens with one attached hydrogen (secondary N) is 1. The van der Waals surface area contributed by atoms with Gasteiger partial charge in [-0.15, -0.1) is 0 Å². The maximum atomic E-state index is 10.6. The van der Waals surface area contributed by atoms with Crippen LogP contribution in [-0.2, 0) is 19.4 Å². The van der Waals surface area contributed by atoms with Gasteiger partial charge in [0.15, 0.2) is 0 Å². The molecule has 1 unspecified atom stereocenters. The van der Waals surface area contributed by atoms with Crippen LogP contribution in [0.15, 0.2) is 48.5 Å². The monoisotopic (exact) mass is 334 g/mol. The fourth-order valence-corrected chi connectivity index (χ4v) is 4.06. The van der Waals surface area contributed by atoms with Gasteiger partial charge in [-0.05, 0) is 61.9 Å². The van der Waals surface area contributed by atoms with Crippen molar-refractivity contribution < 1.29 is 5.11 Å². The second-order valence-corrected chi connectivity index (χ2v) is 7.16. The van der Waals surface area contributed by atoms with Crippen molar-refractivity contribution in [1.29, 1.82) is 0 Å². The van der Waals surface area contributed by atoms with Crippen molar-refractivity contribution in [2.75, 3.05) is 11.9 Å². The molecule has 0 radical (unpaired) electrons. The summed E-state index contributed by atoms with van der Waals surface area (Å²) >= 11 is 0. The van der Waals surface area contributed by atoms with E-state index in [1.54, 1.807) is 0 Å².